The summed E-state index contributed by atoms with van der Waals surface area (Å²) in [5.74, 6) is 1.81. The van der Waals surface area contributed by atoms with Crippen LogP contribution in [0.5, 0.6) is 11.6 Å². The van der Waals surface area contributed by atoms with Crippen LogP contribution in [0.2, 0.25) is 0 Å². The van der Waals surface area contributed by atoms with Crippen molar-refractivity contribution in [3.05, 3.63) is 42.0 Å². The lowest BCUT2D eigenvalue weighted by atomic mass is 10.1. The van der Waals surface area contributed by atoms with E-state index >= 15 is 0 Å². The van der Waals surface area contributed by atoms with Gasteiger partial charge in [-0.1, -0.05) is 6.07 Å². The quantitative estimate of drug-likeness (QED) is 0.845. The lowest BCUT2D eigenvalue weighted by Gasteiger charge is -2.26. The average molecular weight is 326 g/mol. The van der Waals surface area contributed by atoms with E-state index in [-0.39, 0.29) is 0 Å². The molecule has 0 amide bonds. The summed E-state index contributed by atoms with van der Waals surface area (Å²) in [6.45, 7) is 2.37. The summed E-state index contributed by atoms with van der Waals surface area (Å²) in [4.78, 5) is 18.3. The molecule has 0 spiro atoms. The lowest BCUT2D eigenvalue weighted by Crippen LogP contribution is -2.33. The van der Waals surface area contributed by atoms with Crippen molar-refractivity contribution in [3.63, 3.8) is 0 Å². The summed E-state index contributed by atoms with van der Waals surface area (Å²) in [6.07, 6.45) is 1.28. The van der Waals surface area contributed by atoms with Gasteiger partial charge in [-0.2, -0.15) is 0 Å². The number of likely N-dealkylation sites (tertiary alicyclic amines) is 1. The van der Waals surface area contributed by atoms with Gasteiger partial charge in [-0.15, -0.1) is 0 Å². The van der Waals surface area contributed by atoms with Crippen LogP contribution in [0.25, 0.3) is 11.3 Å². The SMILES string of the molecule is COc1ccc(-c2ccc(CN3CCC(=O)CC3)c(OC)n2)cc1. The van der Waals surface area contributed by atoms with Crippen molar-refractivity contribution in [3.8, 4) is 22.9 Å². The minimum Gasteiger partial charge on any atom is -0.497 e. The second-order valence-electron chi connectivity index (χ2n) is 5.91. The normalized spacial score (nSPS) is 15.3. The molecule has 1 aliphatic heterocycles. The Labute approximate surface area is 142 Å². The van der Waals surface area contributed by atoms with Crippen LogP contribution in [0.1, 0.15) is 18.4 Å². The van der Waals surface area contributed by atoms with E-state index < -0.39 is 0 Å². The van der Waals surface area contributed by atoms with Crippen LogP contribution < -0.4 is 9.47 Å². The van der Waals surface area contributed by atoms with Crippen LogP contribution in [-0.4, -0.2) is 43.0 Å². The molecule has 1 fully saturated rings. The smallest absolute Gasteiger partial charge is 0.218 e. The maximum absolute atomic E-state index is 11.4. The van der Waals surface area contributed by atoms with Crippen molar-refractivity contribution in [1.29, 1.82) is 0 Å². The topological polar surface area (TPSA) is 51.7 Å². The number of nitrogens with zero attached hydrogens (tertiary/aromatic N) is 2. The number of ketones is 1. The molecule has 0 aliphatic carbocycles. The number of carbonyl (C=O) groups is 1. The molecular formula is C19H22N2O3. The summed E-state index contributed by atoms with van der Waals surface area (Å²) in [5, 5.41) is 0. The number of aromatic nitrogens is 1. The third-order valence-corrected chi connectivity index (χ3v) is 4.33. The molecule has 0 bridgehead atoms. The zero-order valence-electron chi connectivity index (χ0n) is 14.1. The largest absolute Gasteiger partial charge is 0.497 e. The minimum absolute atomic E-state index is 0.353. The number of hydrogen-bond donors (Lipinski definition) is 0. The van der Waals surface area contributed by atoms with Gasteiger partial charge in [0.25, 0.3) is 0 Å². The summed E-state index contributed by atoms with van der Waals surface area (Å²) in [5.41, 5.74) is 2.93. The van der Waals surface area contributed by atoms with E-state index in [1.54, 1.807) is 14.2 Å². The molecule has 2 aromatic rings. The Morgan fingerprint density at radius 3 is 2.33 bits per heavy atom. The average Bonchev–Trinajstić information content (AvgIpc) is 2.64. The van der Waals surface area contributed by atoms with Crippen molar-refractivity contribution in [2.75, 3.05) is 27.3 Å². The molecule has 1 saturated heterocycles. The zero-order chi connectivity index (χ0) is 16.9. The molecule has 0 unspecified atom stereocenters. The first kappa shape index (κ1) is 16.5. The summed E-state index contributed by atoms with van der Waals surface area (Å²) in [7, 11) is 3.29. The van der Waals surface area contributed by atoms with E-state index in [0.29, 0.717) is 24.5 Å². The first-order valence-corrected chi connectivity index (χ1v) is 8.12. The lowest BCUT2D eigenvalue weighted by molar-refractivity contribution is -0.121. The van der Waals surface area contributed by atoms with Gasteiger partial charge in [0.05, 0.1) is 19.9 Å². The number of ether oxygens (including phenoxy) is 2. The summed E-state index contributed by atoms with van der Waals surface area (Å²) < 4.78 is 10.7. The van der Waals surface area contributed by atoms with Crippen molar-refractivity contribution in [2.45, 2.75) is 19.4 Å². The van der Waals surface area contributed by atoms with Crippen LogP contribution in [0.3, 0.4) is 0 Å². The van der Waals surface area contributed by atoms with E-state index in [1.165, 1.54) is 0 Å². The molecule has 0 N–H and O–H groups in total. The maximum Gasteiger partial charge on any atom is 0.218 e. The van der Waals surface area contributed by atoms with Crippen molar-refractivity contribution < 1.29 is 14.3 Å². The highest BCUT2D eigenvalue weighted by atomic mass is 16.5. The predicted molar refractivity (Wildman–Crippen MR) is 92.3 cm³/mol. The Bertz CT molecular complexity index is 703. The highest BCUT2D eigenvalue weighted by Gasteiger charge is 2.18. The van der Waals surface area contributed by atoms with E-state index in [2.05, 4.69) is 16.0 Å². The van der Waals surface area contributed by atoms with Gasteiger partial charge in [0.15, 0.2) is 0 Å². The molecule has 2 heterocycles. The number of carbonyl (C=O) groups excluding carboxylic acids is 1. The molecular weight excluding hydrogens is 304 g/mol. The van der Waals surface area contributed by atoms with Crippen LogP contribution >= 0.6 is 0 Å². The molecule has 24 heavy (non-hydrogen) atoms. The first-order chi connectivity index (χ1) is 11.7. The molecule has 0 radical (unpaired) electrons. The summed E-state index contributed by atoms with van der Waals surface area (Å²) in [6, 6.07) is 11.9. The highest BCUT2D eigenvalue weighted by Crippen LogP contribution is 2.26. The van der Waals surface area contributed by atoms with Crippen LogP contribution in [0, 0.1) is 0 Å². The number of pyridine rings is 1. The summed E-state index contributed by atoms with van der Waals surface area (Å²) >= 11 is 0. The van der Waals surface area contributed by atoms with Gasteiger partial charge in [0.2, 0.25) is 5.88 Å². The number of hydrogen-bond acceptors (Lipinski definition) is 5. The fourth-order valence-corrected chi connectivity index (χ4v) is 2.89. The monoisotopic (exact) mass is 326 g/mol. The zero-order valence-corrected chi connectivity index (χ0v) is 14.1. The van der Waals surface area contributed by atoms with Gasteiger partial charge >= 0.3 is 0 Å². The van der Waals surface area contributed by atoms with E-state index in [1.807, 2.05) is 30.3 Å². The second kappa shape index (κ2) is 7.45. The number of piperidine rings is 1. The number of benzene rings is 1. The molecule has 0 atom stereocenters. The van der Waals surface area contributed by atoms with E-state index in [0.717, 1.165) is 42.2 Å². The van der Waals surface area contributed by atoms with Crippen molar-refractivity contribution >= 4 is 5.78 Å². The molecule has 1 aromatic carbocycles. The van der Waals surface area contributed by atoms with Crippen LogP contribution in [0.15, 0.2) is 36.4 Å². The Morgan fingerprint density at radius 2 is 1.71 bits per heavy atom. The van der Waals surface area contributed by atoms with Crippen LogP contribution in [-0.2, 0) is 11.3 Å². The second-order valence-corrected chi connectivity index (χ2v) is 5.91. The molecule has 126 valence electrons. The first-order valence-electron chi connectivity index (χ1n) is 8.12. The van der Waals surface area contributed by atoms with Gasteiger partial charge in [-0.25, -0.2) is 4.98 Å². The van der Waals surface area contributed by atoms with E-state index in [4.69, 9.17) is 9.47 Å². The van der Waals surface area contributed by atoms with Gasteiger partial charge in [-0.05, 0) is 30.3 Å². The van der Waals surface area contributed by atoms with Gasteiger partial charge < -0.3 is 9.47 Å². The maximum atomic E-state index is 11.4. The molecule has 0 saturated carbocycles. The molecule has 5 nitrogen and oxygen atoms in total. The fraction of sp³-hybridized carbons (Fsp3) is 0.368. The Balaban J connectivity index is 1.78. The van der Waals surface area contributed by atoms with Crippen LogP contribution in [0.4, 0.5) is 0 Å². The Hall–Kier alpha value is -2.40. The standard InChI is InChI=1S/C19H22N2O3/c1-23-17-6-3-14(4-7-17)18-8-5-15(19(20-18)24-2)13-21-11-9-16(22)10-12-21/h3-8H,9-13H2,1-2H3. The molecule has 1 aliphatic rings. The molecule has 3 rings (SSSR count). The highest BCUT2D eigenvalue weighted by molar-refractivity contribution is 5.79. The van der Waals surface area contributed by atoms with Crippen molar-refractivity contribution in [2.24, 2.45) is 0 Å². The molecule has 1 aromatic heterocycles. The van der Waals surface area contributed by atoms with Gasteiger partial charge in [0, 0.05) is 43.6 Å². The predicted octanol–water partition coefficient (Wildman–Crippen LogP) is 2.93. The van der Waals surface area contributed by atoms with E-state index in [9.17, 15) is 4.79 Å². The number of rotatable bonds is 5. The molecule has 5 heteroatoms. The third kappa shape index (κ3) is 3.74. The number of Topliss-reactive ketones (excluding diaryl/α,β-unsaturated/α-hetero) is 1. The Kier molecular flexibility index (Phi) is 5.11. The van der Waals surface area contributed by atoms with Gasteiger partial charge in [0.1, 0.15) is 11.5 Å². The third-order valence-electron chi connectivity index (χ3n) is 4.33. The van der Waals surface area contributed by atoms with Gasteiger partial charge in [-0.3, -0.25) is 9.69 Å². The minimum atomic E-state index is 0.353. The fourth-order valence-electron chi connectivity index (χ4n) is 2.89. The number of methoxy groups -OCH3 is 2. The van der Waals surface area contributed by atoms with Crippen molar-refractivity contribution in [1.82, 2.24) is 9.88 Å². The Morgan fingerprint density at radius 1 is 1.00 bits per heavy atom.